The molecule has 3 rings (SSSR count). The summed E-state index contributed by atoms with van der Waals surface area (Å²) < 4.78 is 0. The summed E-state index contributed by atoms with van der Waals surface area (Å²) in [7, 11) is 0. The Kier molecular flexibility index (Phi) is 4.73. The SMILES string of the molecule is N#Cc1cccc(C(=O)N2CCCCC2Cc2ccccc2)c1. The smallest absolute Gasteiger partial charge is 0.254 e. The highest BCUT2D eigenvalue weighted by Gasteiger charge is 2.27. The van der Waals surface area contributed by atoms with Gasteiger partial charge in [0.1, 0.15) is 0 Å². The Labute approximate surface area is 137 Å². The van der Waals surface area contributed by atoms with Crippen LogP contribution in [0.4, 0.5) is 0 Å². The first-order chi connectivity index (χ1) is 11.3. The van der Waals surface area contributed by atoms with E-state index >= 15 is 0 Å². The van der Waals surface area contributed by atoms with Gasteiger partial charge in [-0.3, -0.25) is 4.79 Å². The fourth-order valence-electron chi connectivity index (χ4n) is 3.25. The van der Waals surface area contributed by atoms with Crippen LogP contribution in [0.25, 0.3) is 0 Å². The standard InChI is InChI=1S/C20H20N2O/c21-15-17-9-6-10-18(13-17)20(23)22-12-5-4-11-19(22)14-16-7-2-1-3-8-16/h1-3,6-10,13,19H,4-5,11-12,14H2. The Morgan fingerprint density at radius 3 is 2.74 bits per heavy atom. The van der Waals surface area contributed by atoms with Crippen molar-refractivity contribution in [3.63, 3.8) is 0 Å². The van der Waals surface area contributed by atoms with Gasteiger partial charge in [0.15, 0.2) is 0 Å². The highest BCUT2D eigenvalue weighted by Crippen LogP contribution is 2.23. The normalized spacial score (nSPS) is 17.5. The van der Waals surface area contributed by atoms with E-state index in [0.717, 1.165) is 25.8 Å². The number of likely N-dealkylation sites (tertiary alicyclic amines) is 1. The third kappa shape index (κ3) is 3.60. The molecule has 0 saturated carbocycles. The third-order valence-electron chi connectivity index (χ3n) is 4.44. The highest BCUT2D eigenvalue weighted by atomic mass is 16.2. The molecule has 0 bridgehead atoms. The molecule has 0 N–H and O–H groups in total. The molecule has 23 heavy (non-hydrogen) atoms. The average Bonchev–Trinajstić information content (AvgIpc) is 2.62. The van der Waals surface area contributed by atoms with E-state index in [1.54, 1.807) is 24.3 Å². The van der Waals surface area contributed by atoms with Crippen LogP contribution in [0.15, 0.2) is 54.6 Å². The van der Waals surface area contributed by atoms with Gasteiger partial charge < -0.3 is 4.90 Å². The molecule has 0 radical (unpaired) electrons. The Morgan fingerprint density at radius 2 is 1.96 bits per heavy atom. The van der Waals surface area contributed by atoms with E-state index in [2.05, 4.69) is 18.2 Å². The summed E-state index contributed by atoms with van der Waals surface area (Å²) >= 11 is 0. The van der Waals surface area contributed by atoms with Crippen LogP contribution in [-0.4, -0.2) is 23.4 Å². The summed E-state index contributed by atoms with van der Waals surface area (Å²) in [6, 6.07) is 19.7. The Morgan fingerprint density at radius 1 is 1.13 bits per heavy atom. The maximum absolute atomic E-state index is 12.9. The van der Waals surface area contributed by atoms with Crippen molar-refractivity contribution in [3.8, 4) is 6.07 Å². The molecule has 2 aromatic rings. The topological polar surface area (TPSA) is 44.1 Å². The summed E-state index contributed by atoms with van der Waals surface area (Å²) in [6.45, 7) is 0.799. The fraction of sp³-hybridized carbons (Fsp3) is 0.300. The Bertz CT molecular complexity index is 718. The van der Waals surface area contributed by atoms with Gasteiger partial charge in [0.2, 0.25) is 0 Å². The number of amides is 1. The highest BCUT2D eigenvalue weighted by molar-refractivity contribution is 5.94. The lowest BCUT2D eigenvalue weighted by atomic mass is 9.94. The summed E-state index contributed by atoms with van der Waals surface area (Å²) in [6.07, 6.45) is 4.15. The van der Waals surface area contributed by atoms with Crippen molar-refractivity contribution in [1.82, 2.24) is 4.90 Å². The second kappa shape index (κ2) is 7.11. The fourth-order valence-corrected chi connectivity index (χ4v) is 3.25. The van der Waals surface area contributed by atoms with Gasteiger partial charge in [0.05, 0.1) is 11.6 Å². The van der Waals surface area contributed by atoms with Crippen LogP contribution in [0, 0.1) is 11.3 Å². The van der Waals surface area contributed by atoms with E-state index in [-0.39, 0.29) is 11.9 Å². The van der Waals surface area contributed by atoms with Crippen LogP contribution in [-0.2, 0) is 6.42 Å². The molecule has 3 heteroatoms. The van der Waals surface area contributed by atoms with Gasteiger partial charge in [-0.2, -0.15) is 5.26 Å². The number of nitriles is 1. The molecule has 1 unspecified atom stereocenters. The van der Waals surface area contributed by atoms with E-state index < -0.39 is 0 Å². The molecule has 1 aliphatic rings. The number of carbonyl (C=O) groups excluding carboxylic acids is 1. The molecular formula is C20H20N2O. The lowest BCUT2D eigenvalue weighted by Gasteiger charge is -2.36. The van der Waals surface area contributed by atoms with Crippen molar-refractivity contribution >= 4 is 5.91 Å². The summed E-state index contributed by atoms with van der Waals surface area (Å²) in [5.41, 5.74) is 2.42. The van der Waals surface area contributed by atoms with Crippen molar-refractivity contribution in [3.05, 3.63) is 71.3 Å². The Balaban J connectivity index is 1.80. The van der Waals surface area contributed by atoms with E-state index in [1.807, 2.05) is 23.1 Å². The van der Waals surface area contributed by atoms with Gasteiger partial charge in [0, 0.05) is 18.2 Å². The maximum Gasteiger partial charge on any atom is 0.254 e. The first kappa shape index (κ1) is 15.3. The summed E-state index contributed by atoms with van der Waals surface area (Å²) in [5, 5.41) is 9.03. The monoisotopic (exact) mass is 304 g/mol. The molecular weight excluding hydrogens is 284 g/mol. The maximum atomic E-state index is 12.9. The molecule has 1 saturated heterocycles. The molecule has 1 atom stereocenters. The Hall–Kier alpha value is -2.60. The summed E-state index contributed by atoms with van der Waals surface area (Å²) in [5.74, 6) is 0.0442. The largest absolute Gasteiger partial charge is 0.335 e. The number of piperidine rings is 1. The minimum atomic E-state index is 0.0442. The third-order valence-corrected chi connectivity index (χ3v) is 4.44. The molecule has 0 aromatic heterocycles. The molecule has 1 heterocycles. The number of rotatable bonds is 3. The molecule has 1 aliphatic heterocycles. The minimum Gasteiger partial charge on any atom is -0.335 e. The number of benzene rings is 2. The molecule has 2 aromatic carbocycles. The molecule has 1 fully saturated rings. The molecule has 3 nitrogen and oxygen atoms in total. The van der Waals surface area contributed by atoms with Crippen molar-refractivity contribution in [2.24, 2.45) is 0 Å². The van der Waals surface area contributed by atoms with Gasteiger partial charge in [-0.15, -0.1) is 0 Å². The van der Waals surface area contributed by atoms with Crippen LogP contribution in [0.5, 0.6) is 0 Å². The zero-order chi connectivity index (χ0) is 16.1. The van der Waals surface area contributed by atoms with Gasteiger partial charge in [-0.05, 0) is 49.4 Å². The van der Waals surface area contributed by atoms with Crippen LogP contribution in [0.2, 0.25) is 0 Å². The quantitative estimate of drug-likeness (QED) is 0.866. The number of hydrogen-bond donors (Lipinski definition) is 0. The van der Waals surface area contributed by atoms with Crippen molar-refractivity contribution in [1.29, 1.82) is 5.26 Å². The number of hydrogen-bond acceptors (Lipinski definition) is 2. The zero-order valence-electron chi connectivity index (χ0n) is 13.1. The summed E-state index contributed by atoms with van der Waals surface area (Å²) in [4.78, 5) is 14.9. The van der Waals surface area contributed by atoms with Crippen LogP contribution >= 0.6 is 0 Å². The number of nitrogens with zero attached hydrogens (tertiary/aromatic N) is 2. The van der Waals surface area contributed by atoms with Gasteiger partial charge in [-0.1, -0.05) is 36.4 Å². The molecule has 0 spiro atoms. The first-order valence-corrected chi connectivity index (χ1v) is 8.13. The van der Waals surface area contributed by atoms with Crippen molar-refractivity contribution < 1.29 is 4.79 Å². The van der Waals surface area contributed by atoms with E-state index in [1.165, 1.54) is 12.0 Å². The average molecular weight is 304 g/mol. The van der Waals surface area contributed by atoms with Gasteiger partial charge in [-0.25, -0.2) is 0 Å². The van der Waals surface area contributed by atoms with E-state index in [0.29, 0.717) is 11.1 Å². The molecule has 1 amide bonds. The lowest BCUT2D eigenvalue weighted by Crippen LogP contribution is -2.44. The van der Waals surface area contributed by atoms with Crippen LogP contribution in [0.3, 0.4) is 0 Å². The van der Waals surface area contributed by atoms with E-state index in [4.69, 9.17) is 5.26 Å². The predicted molar refractivity (Wildman–Crippen MR) is 90.0 cm³/mol. The second-order valence-electron chi connectivity index (χ2n) is 6.03. The van der Waals surface area contributed by atoms with Gasteiger partial charge in [0.25, 0.3) is 5.91 Å². The minimum absolute atomic E-state index is 0.0442. The van der Waals surface area contributed by atoms with Crippen molar-refractivity contribution in [2.45, 2.75) is 31.7 Å². The zero-order valence-corrected chi connectivity index (χ0v) is 13.1. The van der Waals surface area contributed by atoms with Crippen LogP contribution < -0.4 is 0 Å². The van der Waals surface area contributed by atoms with Gasteiger partial charge >= 0.3 is 0 Å². The lowest BCUT2D eigenvalue weighted by molar-refractivity contribution is 0.0613. The first-order valence-electron chi connectivity index (χ1n) is 8.13. The second-order valence-corrected chi connectivity index (χ2v) is 6.03. The molecule has 116 valence electrons. The number of carbonyl (C=O) groups is 1. The predicted octanol–water partition coefficient (Wildman–Crippen LogP) is 3.80. The molecule has 0 aliphatic carbocycles. The van der Waals surface area contributed by atoms with Crippen molar-refractivity contribution in [2.75, 3.05) is 6.54 Å². The van der Waals surface area contributed by atoms with Crippen LogP contribution in [0.1, 0.15) is 40.7 Å². The van der Waals surface area contributed by atoms with E-state index in [9.17, 15) is 4.79 Å².